The van der Waals surface area contributed by atoms with Crippen molar-refractivity contribution in [2.24, 2.45) is 4.99 Å². The molecule has 2 aromatic rings. The topological polar surface area (TPSA) is 155 Å². The summed E-state index contributed by atoms with van der Waals surface area (Å²) in [5, 5.41) is 30.4. The SMILES string of the molecule is CC(C)(O)O.CN(C)C=Nc1ncnn2c(C3CCC(C#N)(COC(=O)OC4CCCCCCC4)O3)ccc12. The quantitative estimate of drug-likeness (QED) is 0.236. The number of fused-ring (bicyclic) bond motifs is 1. The molecule has 12 nitrogen and oxygen atoms in total. The van der Waals surface area contributed by atoms with Crippen molar-refractivity contribution >= 4 is 23.8 Å². The lowest BCUT2D eigenvalue weighted by Gasteiger charge is -2.23. The molecule has 12 heteroatoms. The molecule has 1 aliphatic heterocycles. The summed E-state index contributed by atoms with van der Waals surface area (Å²) in [4.78, 5) is 22.8. The number of ether oxygens (including phenoxy) is 3. The van der Waals surface area contributed by atoms with Crippen LogP contribution in [0.3, 0.4) is 0 Å². The van der Waals surface area contributed by atoms with Crippen LogP contribution in [0.15, 0.2) is 23.5 Å². The van der Waals surface area contributed by atoms with Crippen LogP contribution in [-0.2, 0) is 14.2 Å². The molecule has 2 aliphatic rings. The number of hydrogen-bond acceptors (Lipinski definition) is 10. The molecule has 2 aromatic heterocycles. The van der Waals surface area contributed by atoms with E-state index in [9.17, 15) is 10.1 Å². The molecule has 0 radical (unpaired) electrons. The van der Waals surface area contributed by atoms with Crippen molar-refractivity contribution in [3.63, 3.8) is 0 Å². The van der Waals surface area contributed by atoms with E-state index in [0.29, 0.717) is 18.7 Å². The highest BCUT2D eigenvalue weighted by molar-refractivity contribution is 5.70. The van der Waals surface area contributed by atoms with Gasteiger partial charge in [-0.25, -0.2) is 19.3 Å². The lowest BCUT2D eigenvalue weighted by Crippen LogP contribution is -2.34. The van der Waals surface area contributed by atoms with Gasteiger partial charge in [0.15, 0.2) is 17.2 Å². The van der Waals surface area contributed by atoms with Crippen LogP contribution >= 0.6 is 0 Å². The molecule has 0 amide bonds. The van der Waals surface area contributed by atoms with Gasteiger partial charge in [0.25, 0.3) is 0 Å². The van der Waals surface area contributed by atoms with Crippen LogP contribution < -0.4 is 0 Å². The lowest BCUT2D eigenvalue weighted by atomic mass is 9.99. The maximum absolute atomic E-state index is 12.3. The second-order valence-electron chi connectivity index (χ2n) is 10.7. The molecule has 214 valence electrons. The Morgan fingerprint density at radius 1 is 1.26 bits per heavy atom. The van der Waals surface area contributed by atoms with Gasteiger partial charge in [-0.2, -0.15) is 10.4 Å². The molecule has 0 aromatic carbocycles. The van der Waals surface area contributed by atoms with Gasteiger partial charge in [0.2, 0.25) is 0 Å². The summed E-state index contributed by atoms with van der Waals surface area (Å²) >= 11 is 0. The second kappa shape index (κ2) is 13.7. The summed E-state index contributed by atoms with van der Waals surface area (Å²) in [5.41, 5.74) is 0.328. The van der Waals surface area contributed by atoms with Gasteiger partial charge in [0.05, 0.1) is 12.0 Å². The Morgan fingerprint density at radius 2 is 1.92 bits per heavy atom. The summed E-state index contributed by atoms with van der Waals surface area (Å²) in [6, 6.07) is 6.00. The summed E-state index contributed by atoms with van der Waals surface area (Å²) < 4.78 is 18.8. The molecular weight excluding hydrogens is 504 g/mol. The summed E-state index contributed by atoms with van der Waals surface area (Å²) in [7, 11) is 3.77. The van der Waals surface area contributed by atoms with Crippen LogP contribution in [-0.4, -0.2) is 80.4 Å². The molecular formula is C27H40N6O6. The minimum atomic E-state index is -1.50. The third-order valence-electron chi connectivity index (χ3n) is 6.32. The average Bonchev–Trinajstić information content (AvgIpc) is 3.47. The van der Waals surface area contributed by atoms with Crippen LogP contribution in [0, 0.1) is 11.3 Å². The predicted octanol–water partition coefficient (Wildman–Crippen LogP) is 4.04. The van der Waals surface area contributed by atoms with Crippen LogP contribution in [0.5, 0.6) is 0 Å². The van der Waals surface area contributed by atoms with E-state index in [1.165, 1.54) is 39.4 Å². The first-order valence-corrected chi connectivity index (χ1v) is 13.4. The van der Waals surface area contributed by atoms with Gasteiger partial charge in [-0.05, 0) is 64.5 Å². The van der Waals surface area contributed by atoms with Gasteiger partial charge < -0.3 is 29.3 Å². The van der Waals surface area contributed by atoms with E-state index in [4.69, 9.17) is 24.4 Å². The Balaban J connectivity index is 0.000000771. The maximum Gasteiger partial charge on any atom is 0.508 e. The molecule has 2 unspecified atom stereocenters. The normalized spacial score (nSPS) is 22.4. The van der Waals surface area contributed by atoms with Gasteiger partial charge in [-0.15, -0.1) is 0 Å². The fraction of sp³-hybridized carbons (Fsp3) is 0.667. The van der Waals surface area contributed by atoms with E-state index in [1.54, 1.807) is 10.9 Å². The average molecular weight is 545 g/mol. The smallest absolute Gasteiger partial charge is 0.431 e. The fourth-order valence-electron chi connectivity index (χ4n) is 4.52. The molecule has 3 heterocycles. The highest BCUT2D eigenvalue weighted by Crippen LogP contribution is 2.40. The first kappa shape index (κ1) is 30.3. The molecule has 2 N–H and O–H groups in total. The zero-order valence-electron chi connectivity index (χ0n) is 23.2. The standard InChI is InChI=1S/C24H32N6O4.C3H8O2/c1-29(2)17-27-22-20-11-10-19(30(20)28-16-26-22)21-12-13-24(14-25,34-21)15-32-23(31)33-18-8-6-4-3-5-7-9-18;1-3(2,4)5/h10-11,16-18,21H,3-9,12-13,15H2,1-2H3;4-5H,1-2H3. The van der Waals surface area contributed by atoms with Gasteiger partial charge in [0.1, 0.15) is 36.7 Å². The van der Waals surface area contributed by atoms with E-state index < -0.39 is 17.5 Å². The maximum atomic E-state index is 12.3. The molecule has 1 aliphatic carbocycles. The lowest BCUT2D eigenvalue weighted by molar-refractivity contribution is -0.127. The predicted molar refractivity (Wildman–Crippen MR) is 143 cm³/mol. The van der Waals surface area contributed by atoms with Crippen molar-refractivity contribution in [3.05, 3.63) is 24.2 Å². The number of nitriles is 1. The van der Waals surface area contributed by atoms with E-state index in [-0.39, 0.29) is 18.8 Å². The summed E-state index contributed by atoms with van der Waals surface area (Å²) in [6.07, 6.45) is 10.4. The Hall–Kier alpha value is -3.27. The second-order valence-corrected chi connectivity index (χ2v) is 10.7. The number of rotatable bonds is 6. The van der Waals surface area contributed by atoms with Crippen LogP contribution in [0.4, 0.5) is 10.6 Å². The Morgan fingerprint density at radius 3 is 2.56 bits per heavy atom. The number of carbonyl (C=O) groups is 1. The molecule has 2 fully saturated rings. The number of nitrogens with zero attached hydrogens (tertiary/aromatic N) is 6. The van der Waals surface area contributed by atoms with Crippen molar-refractivity contribution < 1.29 is 29.2 Å². The van der Waals surface area contributed by atoms with Gasteiger partial charge in [-0.1, -0.05) is 19.3 Å². The molecule has 39 heavy (non-hydrogen) atoms. The zero-order valence-corrected chi connectivity index (χ0v) is 23.2. The van der Waals surface area contributed by atoms with Gasteiger partial charge >= 0.3 is 6.16 Å². The summed E-state index contributed by atoms with van der Waals surface area (Å²) in [6.45, 7) is 2.43. The Kier molecular flexibility index (Phi) is 10.6. The number of aromatic nitrogens is 3. The molecule has 0 spiro atoms. The summed E-state index contributed by atoms with van der Waals surface area (Å²) in [5.74, 6) is -0.959. The van der Waals surface area contributed by atoms with Gasteiger partial charge in [0, 0.05) is 14.1 Å². The van der Waals surface area contributed by atoms with E-state index in [2.05, 4.69) is 21.1 Å². The van der Waals surface area contributed by atoms with Crippen molar-refractivity contribution in [2.75, 3.05) is 20.7 Å². The molecule has 0 bridgehead atoms. The van der Waals surface area contributed by atoms with Gasteiger partial charge in [-0.3, -0.25) is 0 Å². The largest absolute Gasteiger partial charge is 0.508 e. The first-order chi connectivity index (χ1) is 18.5. The molecule has 2 atom stereocenters. The number of aliphatic imine (C=N–C) groups is 1. The van der Waals surface area contributed by atoms with Crippen LogP contribution in [0.25, 0.3) is 5.52 Å². The minimum Gasteiger partial charge on any atom is -0.431 e. The highest BCUT2D eigenvalue weighted by Gasteiger charge is 2.43. The Bertz CT molecular complexity index is 1140. The third-order valence-corrected chi connectivity index (χ3v) is 6.32. The van der Waals surface area contributed by atoms with Crippen molar-refractivity contribution in [1.82, 2.24) is 19.5 Å². The van der Waals surface area contributed by atoms with Crippen molar-refractivity contribution in [1.29, 1.82) is 5.26 Å². The number of aliphatic hydroxyl groups is 2. The monoisotopic (exact) mass is 544 g/mol. The zero-order chi connectivity index (χ0) is 28.5. The number of hydrogen-bond donors (Lipinski definition) is 2. The van der Waals surface area contributed by atoms with Crippen LogP contribution in [0.1, 0.15) is 83.4 Å². The minimum absolute atomic E-state index is 0.112. The van der Waals surface area contributed by atoms with Crippen molar-refractivity contribution in [2.45, 2.75) is 95.2 Å². The molecule has 1 saturated carbocycles. The van der Waals surface area contributed by atoms with Crippen molar-refractivity contribution in [3.8, 4) is 6.07 Å². The van der Waals surface area contributed by atoms with E-state index in [0.717, 1.165) is 36.9 Å². The third kappa shape index (κ3) is 9.45. The number of carbonyl (C=O) groups excluding carboxylic acids is 1. The first-order valence-electron chi connectivity index (χ1n) is 13.4. The fourth-order valence-corrected chi connectivity index (χ4v) is 4.52. The molecule has 4 rings (SSSR count). The Labute approximate surface area is 229 Å². The molecule has 1 saturated heterocycles. The highest BCUT2D eigenvalue weighted by atomic mass is 16.7. The van der Waals surface area contributed by atoms with E-state index in [1.807, 2.05) is 31.1 Å². The van der Waals surface area contributed by atoms with Crippen LogP contribution in [0.2, 0.25) is 0 Å². The van der Waals surface area contributed by atoms with E-state index >= 15 is 0 Å².